The molecular weight excluding hydrogens is 625 g/mol. The number of nitrogens with zero attached hydrogens (tertiary/aromatic N) is 2. The van der Waals surface area contributed by atoms with E-state index in [9.17, 15) is 0 Å². The minimum absolute atomic E-state index is 0.315. The second-order valence-electron chi connectivity index (χ2n) is 18.9. The van der Waals surface area contributed by atoms with Crippen LogP contribution in [-0.2, 0) is 16.0 Å². The second-order valence-corrected chi connectivity index (χ2v) is 18.9. The standard InChI is InChI=1S/C47H59N2O2/c1-29-15-20-47(50-27-29)32(4)44-43(51-47)25-40-38-14-13-36-24-37(16-18-45(36,5)39(38)17-19-46(40,44)6)49-28-48(41-21-30(2)31(3)22-42(41)49)26-33-11-12-34-9-7-8-10-35(34)23-33/h7-13,21-23,28-29,32,37-40,43-44H,14-20,24-27H2,1-6H3/q+1/t29-,32+,37-,38-,39+,40+,43+,44+,45+,46+,47-/m1/s1. The molecule has 2 aliphatic heterocycles. The van der Waals surface area contributed by atoms with Gasteiger partial charge in [0, 0.05) is 18.8 Å². The lowest BCUT2D eigenvalue weighted by Gasteiger charge is -2.58. The Labute approximate surface area is 305 Å². The van der Waals surface area contributed by atoms with Crippen LogP contribution in [0, 0.1) is 60.2 Å². The van der Waals surface area contributed by atoms with Crippen molar-refractivity contribution in [2.75, 3.05) is 6.61 Å². The van der Waals surface area contributed by atoms with Gasteiger partial charge in [-0.2, -0.15) is 0 Å². The molecule has 268 valence electrons. The predicted octanol–water partition coefficient (Wildman–Crippen LogP) is 10.7. The van der Waals surface area contributed by atoms with E-state index in [1.807, 2.05) is 0 Å². The van der Waals surface area contributed by atoms with Gasteiger partial charge in [-0.1, -0.05) is 75.7 Å². The van der Waals surface area contributed by atoms with Gasteiger partial charge in [-0.05, 0) is 145 Å². The van der Waals surface area contributed by atoms with Gasteiger partial charge in [0.25, 0.3) is 0 Å². The minimum Gasteiger partial charge on any atom is -0.349 e. The summed E-state index contributed by atoms with van der Waals surface area (Å²) in [5.41, 5.74) is 9.36. The molecule has 4 heteroatoms. The number of benzene rings is 3. The van der Waals surface area contributed by atoms with Gasteiger partial charge in [-0.15, -0.1) is 0 Å². The predicted molar refractivity (Wildman–Crippen MR) is 205 cm³/mol. The van der Waals surface area contributed by atoms with Crippen molar-refractivity contribution < 1.29 is 14.0 Å². The second kappa shape index (κ2) is 11.5. The largest absolute Gasteiger partial charge is 0.349 e. The molecule has 1 aromatic heterocycles. The van der Waals surface area contributed by atoms with Crippen LogP contribution in [0.5, 0.6) is 0 Å². The molecule has 3 heterocycles. The summed E-state index contributed by atoms with van der Waals surface area (Å²) in [6, 6.07) is 21.1. The van der Waals surface area contributed by atoms with Crippen molar-refractivity contribution in [3.8, 4) is 0 Å². The molecule has 4 aromatic rings. The third kappa shape index (κ3) is 4.80. The molecule has 0 unspecified atom stereocenters. The maximum absolute atomic E-state index is 7.07. The number of allylic oxidation sites excluding steroid dienone is 2. The lowest BCUT2D eigenvalue weighted by molar-refractivity contribution is -0.663. The molecule has 0 bridgehead atoms. The van der Waals surface area contributed by atoms with Crippen molar-refractivity contribution in [1.29, 1.82) is 0 Å². The van der Waals surface area contributed by atoms with E-state index in [0.29, 0.717) is 40.7 Å². The van der Waals surface area contributed by atoms with E-state index < -0.39 is 0 Å². The number of rotatable bonds is 3. The Bertz CT molecular complexity index is 2050. The van der Waals surface area contributed by atoms with Crippen molar-refractivity contribution in [1.82, 2.24) is 4.57 Å². The van der Waals surface area contributed by atoms with Gasteiger partial charge in [0.05, 0.1) is 12.7 Å². The highest BCUT2D eigenvalue weighted by Crippen LogP contribution is 2.71. The van der Waals surface area contributed by atoms with Crippen LogP contribution in [0.15, 0.2) is 72.6 Å². The van der Waals surface area contributed by atoms with E-state index in [0.717, 1.165) is 37.3 Å². The molecule has 4 nitrogen and oxygen atoms in total. The van der Waals surface area contributed by atoms with Crippen molar-refractivity contribution >= 4 is 21.8 Å². The van der Waals surface area contributed by atoms with Gasteiger partial charge in [-0.25, -0.2) is 9.13 Å². The summed E-state index contributed by atoms with van der Waals surface area (Å²) in [6.45, 7) is 16.5. The smallest absolute Gasteiger partial charge is 0.245 e. The molecule has 5 fully saturated rings. The molecule has 0 N–H and O–H groups in total. The molecule has 51 heavy (non-hydrogen) atoms. The SMILES string of the molecule is Cc1cc2c(cc1C)[n+](Cc1ccc3ccccc3c1)cn2[C@@H]1CC[C@@]2(C)C(=CC[C@H]3[C@@H]4C[C@@H]5O[C@]6(CC[C@@H](C)CO6)[C@@H](C)[C@@H]5[C@@]4(C)CC[C@@H]32)C1. The first-order valence-corrected chi connectivity index (χ1v) is 20.6. The van der Waals surface area contributed by atoms with Crippen LogP contribution in [-0.4, -0.2) is 23.1 Å². The summed E-state index contributed by atoms with van der Waals surface area (Å²) in [5.74, 6) is 3.84. The number of ether oxygens (including phenoxy) is 2. The van der Waals surface area contributed by atoms with E-state index >= 15 is 0 Å². The summed E-state index contributed by atoms with van der Waals surface area (Å²) in [4.78, 5) is 0. The number of aromatic nitrogens is 2. The van der Waals surface area contributed by atoms with Crippen LogP contribution in [0.3, 0.4) is 0 Å². The maximum Gasteiger partial charge on any atom is 0.245 e. The normalized spacial score (nSPS) is 40.2. The Morgan fingerprint density at radius 1 is 0.882 bits per heavy atom. The van der Waals surface area contributed by atoms with Gasteiger partial charge in [-0.3, -0.25) is 0 Å². The van der Waals surface area contributed by atoms with Crippen molar-refractivity contribution in [3.05, 3.63) is 89.3 Å². The highest BCUT2D eigenvalue weighted by molar-refractivity contribution is 5.83. The minimum atomic E-state index is -0.315. The highest BCUT2D eigenvalue weighted by Gasteiger charge is 2.68. The molecule has 10 rings (SSSR count). The molecule has 11 atom stereocenters. The van der Waals surface area contributed by atoms with Crippen LogP contribution in [0.1, 0.15) is 108 Å². The maximum atomic E-state index is 7.07. The fraction of sp³-hybridized carbons (Fsp3) is 0.596. The molecular formula is C47H59N2O2+. The van der Waals surface area contributed by atoms with Gasteiger partial charge in [0.2, 0.25) is 6.33 Å². The first-order chi connectivity index (χ1) is 24.6. The van der Waals surface area contributed by atoms with Crippen molar-refractivity contribution in [3.63, 3.8) is 0 Å². The van der Waals surface area contributed by atoms with Crippen molar-refractivity contribution in [2.24, 2.45) is 46.3 Å². The average Bonchev–Trinajstić information content (AvgIpc) is 3.71. The topological polar surface area (TPSA) is 27.3 Å². The summed E-state index contributed by atoms with van der Waals surface area (Å²) < 4.78 is 18.9. The Morgan fingerprint density at radius 3 is 2.53 bits per heavy atom. The summed E-state index contributed by atoms with van der Waals surface area (Å²) >= 11 is 0. The van der Waals surface area contributed by atoms with E-state index in [2.05, 4.69) is 118 Å². The fourth-order valence-corrected chi connectivity index (χ4v) is 13.3. The number of fused-ring (bicyclic) bond motifs is 9. The van der Waals surface area contributed by atoms with Gasteiger partial charge in [0.1, 0.15) is 12.6 Å². The Balaban J connectivity index is 0.924. The molecule has 2 saturated heterocycles. The number of aryl methyl sites for hydroxylation is 2. The number of hydrogen-bond acceptors (Lipinski definition) is 2. The van der Waals surface area contributed by atoms with Crippen LogP contribution in [0.2, 0.25) is 0 Å². The molecule has 0 amide bonds. The zero-order chi connectivity index (χ0) is 34.9. The third-order valence-electron chi connectivity index (χ3n) is 16.3. The molecule has 3 aromatic carbocycles. The Morgan fingerprint density at radius 2 is 1.71 bits per heavy atom. The van der Waals surface area contributed by atoms with Crippen molar-refractivity contribution in [2.45, 2.75) is 124 Å². The summed E-state index contributed by atoms with van der Waals surface area (Å²) in [6.07, 6.45) is 16.9. The van der Waals surface area contributed by atoms with E-state index in [1.165, 1.54) is 89.9 Å². The lowest BCUT2D eigenvalue weighted by atomic mass is 9.46. The number of hydrogen-bond donors (Lipinski definition) is 0. The zero-order valence-corrected chi connectivity index (χ0v) is 32.0. The Hall–Kier alpha value is -2.95. The van der Waals surface area contributed by atoms with Crippen LogP contribution >= 0.6 is 0 Å². The lowest BCUT2D eigenvalue weighted by Crippen LogP contribution is -2.52. The van der Waals surface area contributed by atoms with Crippen LogP contribution in [0.25, 0.3) is 21.8 Å². The Kier molecular flexibility index (Phi) is 7.38. The first-order valence-electron chi connectivity index (χ1n) is 20.6. The van der Waals surface area contributed by atoms with Gasteiger partial charge >= 0.3 is 0 Å². The van der Waals surface area contributed by atoms with Crippen LogP contribution < -0.4 is 4.57 Å². The molecule has 6 aliphatic rings. The average molecular weight is 684 g/mol. The fourth-order valence-electron chi connectivity index (χ4n) is 13.3. The van der Waals surface area contributed by atoms with Crippen LogP contribution in [0.4, 0.5) is 0 Å². The quantitative estimate of drug-likeness (QED) is 0.159. The summed E-state index contributed by atoms with van der Waals surface area (Å²) in [7, 11) is 0. The molecule has 1 spiro atoms. The monoisotopic (exact) mass is 683 g/mol. The highest BCUT2D eigenvalue weighted by atomic mass is 16.7. The number of imidazole rings is 1. The zero-order valence-electron chi connectivity index (χ0n) is 32.0. The van der Waals surface area contributed by atoms with E-state index in [-0.39, 0.29) is 5.79 Å². The first kappa shape index (κ1) is 32.7. The summed E-state index contributed by atoms with van der Waals surface area (Å²) in [5, 5.41) is 2.63. The third-order valence-corrected chi connectivity index (χ3v) is 16.3. The molecule has 4 aliphatic carbocycles. The molecule has 0 radical (unpaired) electrons. The molecule has 3 saturated carbocycles. The van der Waals surface area contributed by atoms with E-state index in [4.69, 9.17) is 9.47 Å². The van der Waals surface area contributed by atoms with E-state index in [1.54, 1.807) is 5.57 Å². The van der Waals surface area contributed by atoms with Gasteiger partial charge in [0.15, 0.2) is 16.8 Å². The van der Waals surface area contributed by atoms with Gasteiger partial charge < -0.3 is 9.47 Å².